The van der Waals surface area contributed by atoms with Gasteiger partial charge in [0.25, 0.3) is 0 Å². The smallest absolute Gasteiger partial charge is 0.216 e. The van der Waals surface area contributed by atoms with Crippen molar-refractivity contribution in [1.29, 1.82) is 0 Å². The van der Waals surface area contributed by atoms with Crippen LogP contribution in [0.3, 0.4) is 0 Å². The molecule has 9 rings (SSSR count). The number of benzene rings is 5. The molecule has 4 aromatic heterocycles. The first kappa shape index (κ1) is 40.1. The van der Waals surface area contributed by atoms with Crippen molar-refractivity contribution in [3.05, 3.63) is 163 Å². The molecule has 1 radical (unpaired) electrons. The van der Waals surface area contributed by atoms with Gasteiger partial charge in [-0.2, -0.15) is 0 Å². The van der Waals surface area contributed by atoms with Gasteiger partial charge < -0.3 is 8.98 Å². The number of nitrogens with zero attached hydrogens (tertiary/aromatic N) is 4. The Morgan fingerprint density at radius 2 is 1.53 bits per heavy atom. The summed E-state index contributed by atoms with van der Waals surface area (Å²) in [7, 11) is 0. The summed E-state index contributed by atoms with van der Waals surface area (Å²) in [6.07, 6.45) is 3.27. The van der Waals surface area contributed by atoms with Gasteiger partial charge in [0.1, 0.15) is 0 Å². The second-order valence-electron chi connectivity index (χ2n) is 16.0. The molecule has 0 saturated heterocycles. The topological polar surface area (TPSA) is 56.7 Å². The average molecular weight is 984 g/mol. The van der Waals surface area contributed by atoms with Crippen molar-refractivity contribution in [3.8, 4) is 39.5 Å². The molecular weight excluding hydrogens is 937 g/mol. The predicted molar refractivity (Wildman–Crippen MR) is 235 cm³/mol. The van der Waals surface area contributed by atoms with E-state index in [9.17, 15) is 0 Å². The Kier molecular flexibility index (Phi) is 11.8. The summed E-state index contributed by atoms with van der Waals surface area (Å²) in [5.41, 5.74) is 13.2. The van der Waals surface area contributed by atoms with E-state index in [0.29, 0.717) is 11.6 Å². The van der Waals surface area contributed by atoms with E-state index in [-0.39, 0.29) is 20.1 Å². The van der Waals surface area contributed by atoms with Crippen molar-refractivity contribution in [2.75, 3.05) is 0 Å². The molecule has 0 aliphatic rings. The Balaban J connectivity index is 0.000000202. The number of hydrogen-bond acceptors (Lipinski definition) is 4. The maximum Gasteiger partial charge on any atom is 0.216 e. The minimum Gasteiger partial charge on any atom is -0.486 e. The molecule has 0 fully saturated rings. The van der Waals surface area contributed by atoms with Gasteiger partial charge in [0.05, 0.1) is 22.4 Å². The van der Waals surface area contributed by atoms with Crippen molar-refractivity contribution in [1.82, 2.24) is 19.5 Å². The van der Waals surface area contributed by atoms with E-state index >= 15 is 0 Å². The minimum atomic E-state index is -1.86. The zero-order chi connectivity index (χ0) is 39.0. The van der Waals surface area contributed by atoms with Crippen LogP contribution in [0.2, 0.25) is 17.3 Å². The fourth-order valence-corrected chi connectivity index (χ4v) is 10.9. The molecule has 0 bridgehead atoms. The number of rotatable bonds is 7. The number of pyridine rings is 2. The van der Waals surface area contributed by atoms with Crippen molar-refractivity contribution in [2.24, 2.45) is 5.92 Å². The molecule has 0 atom stereocenters. The Morgan fingerprint density at radius 1 is 0.789 bits per heavy atom. The van der Waals surface area contributed by atoms with Gasteiger partial charge in [-0.1, -0.05) is 78.5 Å². The third-order valence-electron chi connectivity index (χ3n) is 10.2. The van der Waals surface area contributed by atoms with E-state index < -0.39 is 13.3 Å². The molecule has 5 aromatic carbocycles. The Morgan fingerprint density at radius 3 is 2.28 bits per heavy atom. The van der Waals surface area contributed by atoms with Crippen LogP contribution in [0, 0.1) is 31.9 Å². The molecule has 9 aromatic rings. The summed E-state index contributed by atoms with van der Waals surface area (Å²) >= 11 is -1.86. The first-order valence-electron chi connectivity index (χ1n) is 19.4. The van der Waals surface area contributed by atoms with E-state index in [1.165, 1.54) is 5.56 Å². The maximum atomic E-state index is 6.41. The van der Waals surface area contributed by atoms with Gasteiger partial charge in [-0.15, -0.1) is 17.7 Å². The van der Waals surface area contributed by atoms with Gasteiger partial charge in [-0.05, 0) is 42.8 Å². The van der Waals surface area contributed by atoms with Gasteiger partial charge >= 0.3 is 126 Å². The van der Waals surface area contributed by atoms with Crippen LogP contribution in [-0.4, -0.2) is 32.8 Å². The summed E-state index contributed by atoms with van der Waals surface area (Å²) in [5.74, 6) is 8.79. The zero-order valence-electron chi connectivity index (χ0n) is 33.5. The molecule has 0 amide bonds. The summed E-state index contributed by atoms with van der Waals surface area (Å²) in [5, 5.41) is 2.07. The fraction of sp³-hybridized carbons (Fsp3) is 0.180. The molecule has 0 aliphatic carbocycles. The minimum absolute atomic E-state index is 0. The Bertz CT molecular complexity index is 2820. The van der Waals surface area contributed by atoms with E-state index in [2.05, 4.69) is 151 Å². The van der Waals surface area contributed by atoms with Crippen LogP contribution in [0.1, 0.15) is 30.7 Å². The van der Waals surface area contributed by atoms with E-state index in [1.807, 2.05) is 49.4 Å². The standard InChI is InChI=1S/C32H22N3O.C18H24GeN.Ir/c1-20-16-18-25(30-29(20)24-19-17-21(2)33-32(24)36-30)31-34-26-13-7-9-15-28(26)35(31)27-14-8-6-12-23(27)22-10-4-3-5-11-22;1-14(2)11-16-12-18(15-9-7-6-8-10-15)20-13-17(16)19(3,4)5;/h3-17,19H,1-2H3;6-9,12-14H,11H2,1-5H3;/q2*-1;. The molecular formula is C50H46GeIrN4O-2. The quantitative estimate of drug-likeness (QED) is 0.118. The van der Waals surface area contributed by atoms with Crippen molar-refractivity contribution in [3.63, 3.8) is 0 Å². The Hall–Kier alpha value is -5.14. The van der Waals surface area contributed by atoms with Crippen LogP contribution in [-0.2, 0) is 26.5 Å². The summed E-state index contributed by atoms with van der Waals surface area (Å²) in [6.45, 7) is 8.64. The van der Waals surface area contributed by atoms with Crippen LogP contribution in [0.5, 0.6) is 0 Å². The molecule has 5 nitrogen and oxygen atoms in total. The van der Waals surface area contributed by atoms with Crippen LogP contribution in [0.4, 0.5) is 0 Å². The van der Waals surface area contributed by atoms with Crippen LogP contribution >= 0.6 is 0 Å². The van der Waals surface area contributed by atoms with Gasteiger partial charge in [-0.25, -0.2) is 4.98 Å². The maximum absolute atomic E-state index is 6.41. The molecule has 0 N–H and O–H groups in total. The third kappa shape index (κ3) is 8.18. The molecule has 4 heterocycles. The molecule has 287 valence electrons. The van der Waals surface area contributed by atoms with Gasteiger partial charge in [0, 0.05) is 42.4 Å². The third-order valence-corrected chi connectivity index (χ3v) is 14.5. The summed E-state index contributed by atoms with van der Waals surface area (Å²) < 4.78 is 10.2. The van der Waals surface area contributed by atoms with Crippen LogP contribution in [0.25, 0.3) is 72.6 Å². The fourth-order valence-electron chi connectivity index (χ4n) is 7.57. The van der Waals surface area contributed by atoms with Crippen molar-refractivity contribution < 1.29 is 24.5 Å². The van der Waals surface area contributed by atoms with E-state index in [1.54, 1.807) is 4.40 Å². The first-order chi connectivity index (χ1) is 27.1. The molecule has 57 heavy (non-hydrogen) atoms. The monoisotopic (exact) mass is 985 g/mol. The van der Waals surface area contributed by atoms with Crippen LogP contribution < -0.4 is 4.40 Å². The van der Waals surface area contributed by atoms with Gasteiger partial charge in [-0.3, -0.25) is 4.98 Å². The second kappa shape index (κ2) is 16.8. The zero-order valence-corrected chi connectivity index (χ0v) is 38.0. The molecule has 7 heteroatoms. The number of furan rings is 1. The SMILES string of the molecule is CC(C)Cc1cc(-c2[c-]cccc2)nc[c]1[Ge]([CH3])([CH3])[CH3].Cc1ccc2c(n1)oc1c(-c3nc4ccccc4n3-c3ccccc3-c3ccccc3)[c-]cc(C)c12.[Ir]. The Labute approximate surface area is 352 Å². The number of aromatic nitrogens is 4. The number of hydrogen-bond donors (Lipinski definition) is 0. The summed E-state index contributed by atoms with van der Waals surface area (Å²) in [4.78, 5) is 14.5. The number of para-hydroxylation sites is 3. The second-order valence-corrected chi connectivity index (χ2v) is 26.5. The van der Waals surface area contributed by atoms with Crippen molar-refractivity contribution in [2.45, 2.75) is 51.4 Å². The van der Waals surface area contributed by atoms with Crippen LogP contribution in [0.15, 0.2) is 138 Å². The van der Waals surface area contributed by atoms with E-state index in [0.717, 1.165) is 84.5 Å². The van der Waals surface area contributed by atoms with Crippen molar-refractivity contribution >= 4 is 50.8 Å². The number of imidazole rings is 1. The van der Waals surface area contributed by atoms with Gasteiger partial charge in [0.15, 0.2) is 0 Å². The molecule has 0 saturated carbocycles. The molecule has 0 aliphatic heterocycles. The first-order valence-corrected chi connectivity index (χ1v) is 26.7. The predicted octanol–water partition coefficient (Wildman–Crippen LogP) is 12.4. The largest absolute Gasteiger partial charge is 0.486 e. The summed E-state index contributed by atoms with van der Waals surface area (Å²) in [6, 6.07) is 50.4. The molecule has 0 unspecified atom stereocenters. The van der Waals surface area contributed by atoms with Gasteiger partial charge in [0.2, 0.25) is 5.71 Å². The van der Waals surface area contributed by atoms with E-state index in [4.69, 9.17) is 14.4 Å². The molecule has 0 spiro atoms. The number of aryl methyl sites for hydroxylation is 2. The normalized spacial score (nSPS) is 11.5. The average Bonchev–Trinajstić information content (AvgIpc) is 3.77. The number of fused-ring (bicyclic) bond motifs is 4.